The monoisotopic (exact) mass is 427 g/mol. The smallest absolute Gasteiger partial charge is 0.316 e. The van der Waals surface area contributed by atoms with Gasteiger partial charge >= 0.3 is 5.97 Å². The van der Waals surface area contributed by atoms with E-state index < -0.39 is 24.4 Å². The molecule has 0 bridgehead atoms. The second-order valence-electron chi connectivity index (χ2n) is 4.71. The molecule has 1 aromatic heterocycles. The standard InChI is InChI=1S/C16H14BrNO4S2/c1-10-7-11(17)4-5-12(10)24-9-15(20)22-8-14(19)18-16(21)13-3-2-6-23-13/h2-7H,8-9H2,1H3,(H,18,19,21). The molecule has 5 nitrogen and oxygen atoms in total. The van der Waals surface area contributed by atoms with Gasteiger partial charge in [0.15, 0.2) is 6.61 Å². The Balaban J connectivity index is 1.72. The van der Waals surface area contributed by atoms with Crippen molar-refractivity contribution >= 4 is 56.8 Å². The zero-order chi connectivity index (χ0) is 17.5. The number of halogens is 1. The topological polar surface area (TPSA) is 72.5 Å². The molecule has 0 atom stereocenters. The molecule has 2 aromatic rings. The van der Waals surface area contributed by atoms with Crippen LogP contribution in [0.2, 0.25) is 0 Å². The fourth-order valence-corrected chi connectivity index (χ4v) is 3.63. The number of esters is 1. The van der Waals surface area contributed by atoms with Crippen LogP contribution in [-0.2, 0) is 14.3 Å². The third-order valence-corrected chi connectivity index (χ3v) is 5.36. The maximum atomic E-state index is 11.7. The van der Waals surface area contributed by atoms with E-state index in [0.29, 0.717) is 4.88 Å². The van der Waals surface area contributed by atoms with Gasteiger partial charge in [-0.15, -0.1) is 23.1 Å². The van der Waals surface area contributed by atoms with E-state index in [2.05, 4.69) is 21.2 Å². The summed E-state index contributed by atoms with van der Waals surface area (Å²) in [4.78, 5) is 36.4. The molecule has 0 saturated carbocycles. The first-order chi connectivity index (χ1) is 11.5. The van der Waals surface area contributed by atoms with E-state index in [1.807, 2.05) is 25.1 Å². The summed E-state index contributed by atoms with van der Waals surface area (Å²) < 4.78 is 5.85. The number of rotatable bonds is 6. The van der Waals surface area contributed by atoms with E-state index in [9.17, 15) is 14.4 Å². The average Bonchev–Trinajstić information content (AvgIpc) is 3.06. The number of carbonyl (C=O) groups is 3. The Labute approximate surface area is 155 Å². The highest BCUT2D eigenvalue weighted by Gasteiger charge is 2.13. The molecule has 24 heavy (non-hydrogen) atoms. The van der Waals surface area contributed by atoms with Gasteiger partial charge in [0.05, 0.1) is 10.6 Å². The molecule has 126 valence electrons. The van der Waals surface area contributed by atoms with Gasteiger partial charge in [0.25, 0.3) is 11.8 Å². The molecule has 1 N–H and O–H groups in total. The zero-order valence-corrected chi connectivity index (χ0v) is 15.9. The van der Waals surface area contributed by atoms with Crippen LogP contribution >= 0.6 is 39.0 Å². The molecular weight excluding hydrogens is 414 g/mol. The third kappa shape index (κ3) is 5.77. The van der Waals surface area contributed by atoms with Crippen LogP contribution in [0.15, 0.2) is 45.1 Å². The van der Waals surface area contributed by atoms with Crippen molar-refractivity contribution in [2.24, 2.45) is 0 Å². The molecule has 0 fully saturated rings. The number of thioether (sulfide) groups is 1. The quantitative estimate of drug-likeness (QED) is 0.564. The molecule has 0 aliphatic heterocycles. The second-order valence-corrected chi connectivity index (χ2v) is 7.59. The minimum absolute atomic E-state index is 0.0919. The highest BCUT2D eigenvalue weighted by atomic mass is 79.9. The normalized spacial score (nSPS) is 10.2. The predicted octanol–water partition coefficient (Wildman–Crippen LogP) is 3.41. The van der Waals surface area contributed by atoms with Crippen molar-refractivity contribution < 1.29 is 19.1 Å². The predicted molar refractivity (Wildman–Crippen MR) is 97.4 cm³/mol. The highest BCUT2D eigenvalue weighted by Crippen LogP contribution is 2.25. The van der Waals surface area contributed by atoms with Gasteiger partial charge in [0.2, 0.25) is 0 Å². The van der Waals surface area contributed by atoms with Gasteiger partial charge < -0.3 is 4.74 Å². The number of hydrogen-bond donors (Lipinski definition) is 1. The van der Waals surface area contributed by atoms with E-state index in [4.69, 9.17) is 4.74 Å². The number of nitrogens with one attached hydrogen (secondary N) is 1. The lowest BCUT2D eigenvalue weighted by Gasteiger charge is -2.07. The first-order valence-corrected chi connectivity index (χ1v) is 9.54. The molecule has 0 saturated heterocycles. The Morgan fingerprint density at radius 3 is 2.75 bits per heavy atom. The van der Waals surface area contributed by atoms with E-state index in [1.165, 1.54) is 23.1 Å². The molecule has 8 heteroatoms. The molecule has 0 spiro atoms. The van der Waals surface area contributed by atoms with Crippen LogP contribution in [0.25, 0.3) is 0 Å². The van der Waals surface area contributed by atoms with E-state index in [-0.39, 0.29) is 5.75 Å². The molecule has 0 unspecified atom stereocenters. The van der Waals surface area contributed by atoms with Gasteiger partial charge in [-0.2, -0.15) is 0 Å². The number of aryl methyl sites for hydroxylation is 1. The average molecular weight is 428 g/mol. The Kier molecular flexibility index (Phi) is 7.01. The Hall–Kier alpha value is -1.64. The first-order valence-electron chi connectivity index (χ1n) is 6.88. The lowest BCUT2D eigenvalue weighted by atomic mass is 10.2. The minimum atomic E-state index is -0.647. The lowest BCUT2D eigenvalue weighted by molar-refractivity contribution is -0.145. The van der Waals surface area contributed by atoms with E-state index in [0.717, 1.165) is 14.9 Å². The fraction of sp³-hybridized carbons (Fsp3) is 0.188. The summed E-state index contributed by atoms with van der Waals surface area (Å²) in [6.07, 6.45) is 0. The molecule has 0 aliphatic carbocycles. The largest absolute Gasteiger partial charge is 0.455 e. The Morgan fingerprint density at radius 2 is 2.08 bits per heavy atom. The SMILES string of the molecule is Cc1cc(Br)ccc1SCC(=O)OCC(=O)NC(=O)c1cccs1. The van der Waals surface area contributed by atoms with Gasteiger partial charge in [-0.1, -0.05) is 22.0 Å². The van der Waals surface area contributed by atoms with Crippen LogP contribution in [0.4, 0.5) is 0 Å². The van der Waals surface area contributed by atoms with Crippen molar-refractivity contribution in [3.8, 4) is 0 Å². The van der Waals surface area contributed by atoms with Crippen LogP contribution in [-0.4, -0.2) is 30.1 Å². The van der Waals surface area contributed by atoms with Crippen LogP contribution in [0.3, 0.4) is 0 Å². The molecule has 0 aliphatic rings. The highest BCUT2D eigenvalue weighted by molar-refractivity contribution is 9.10. The summed E-state index contributed by atoms with van der Waals surface area (Å²) in [5, 5.41) is 3.91. The Morgan fingerprint density at radius 1 is 1.29 bits per heavy atom. The van der Waals surface area contributed by atoms with Crippen LogP contribution in [0, 0.1) is 6.92 Å². The molecule has 2 rings (SSSR count). The van der Waals surface area contributed by atoms with Crippen LogP contribution in [0.1, 0.15) is 15.2 Å². The molecule has 0 radical (unpaired) electrons. The maximum Gasteiger partial charge on any atom is 0.316 e. The number of amides is 2. The van der Waals surface area contributed by atoms with Gasteiger partial charge in [0.1, 0.15) is 0 Å². The summed E-state index contributed by atoms with van der Waals surface area (Å²) in [6.45, 7) is 1.47. The number of benzene rings is 1. The second kappa shape index (κ2) is 9.00. The minimum Gasteiger partial charge on any atom is -0.455 e. The van der Waals surface area contributed by atoms with Crippen LogP contribution in [0.5, 0.6) is 0 Å². The van der Waals surface area contributed by atoms with Crippen molar-refractivity contribution in [2.75, 3.05) is 12.4 Å². The van der Waals surface area contributed by atoms with Gasteiger partial charge in [-0.05, 0) is 42.1 Å². The van der Waals surface area contributed by atoms with Crippen molar-refractivity contribution in [1.82, 2.24) is 5.32 Å². The van der Waals surface area contributed by atoms with E-state index >= 15 is 0 Å². The lowest BCUT2D eigenvalue weighted by Crippen LogP contribution is -2.33. The molecule has 1 aromatic carbocycles. The molecular formula is C16H14BrNO4S2. The number of carbonyl (C=O) groups excluding carboxylic acids is 3. The number of imide groups is 1. The summed E-state index contributed by atoms with van der Waals surface area (Å²) in [7, 11) is 0. The molecule has 1 heterocycles. The van der Waals surface area contributed by atoms with Gasteiger partial charge in [-0.3, -0.25) is 19.7 Å². The van der Waals surface area contributed by atoms with E-state index in [1.54, 1.807) is 17.5 Å². The van der Waals surface area contributed by atoms with Crippen molar-refractivity contribution in [3.05, 3.63) is 50.6 Å². The summed E-state index contributed by atoms with van der Waals surface area (Å²) in [6, 6.07) is 9.08. The summed E-state index contributed by atoms with van der Waals surface area (Å²) in [5.74, 6) is -1.56. The van der Waals surface area contributed by atoms with Gasteiger partial charge in [-0.25, -0.2) is 0 Å². The summed E-state index contributed by atoms with van der Waals surface area (Å²) >= 11 is 5.94. The summed E-state index contributed by atoms with van der Waals surface area (Å²) in [5.41, 5.74) is 1.04. The maximum absolute atomic E-state index is 11.7. The van der Waals surface area contributed by atoms with Crippen molar-refractivity contribution in [2.45, 2.75) is 11.8 Å². The zero-order valence-electron chi connectivity index (χ0n) is 12.7. The van der Waals surface area contributed by atoms with Crippen molar-refractivity contribution in [1.29, 1.82) is 0 Å². The number of ether oxygens (including phenoxy) is 1. The van der Waals surface area contributed by atoms with Crippen LogP contribution < -0.4 is 5.32 Å². The third-order valence-electron chi connectivity index (χ3n) is 2.84. The number of hydrogen-bond acceptors (Lipinski definition) is 6. The Bertz CT molecular complexity index is 747. The number of thiophene rings is 1. The van der Waals surface area contributed by atoms with Gasteiger partial charge in [0, 0.05) is 9.37 Å². The van der Waals surface area contributed by atoms with Crippen molar-refractivity contribution in [3.63, 3.8) is 0 Å². The molecule has 2 amide bonds. The fourth-order valence-electron chi connectivity index (χ4n) is 1.73. The first kappa shape index (κ1) is 18.7.